The van der Waals surface area contributed by atoms with Crippen molar-refractivity contribution >= 4 is 17.6 Å². The maximum atomic E-state index is 12.9. The lowest BCUT2D eigenvalue weighted by atomic mass is 10.0. The highest BCUT2D eigenvalue weighted by atomic mass is 16.7. The van der Waals surface area contributed by atoms with Crippen molar-refractivity contribution in [3.8, 4) is 11.5 Å². The van der Waals surface area contributed by atoms with E-state index >= 15 is 0 Å². The number of anilines is 1. The molecule has 9 nitrogen and oxygen atoms in total. The maximum absolute atomic E-state index is 12.9. The van der Waals surface area contributed by atoms with Gasteiger partial charge < -0.3 is 28.7 Å². The van der Waals surface area contributed by atoms with E-state index in [0.29, 0.717) is 69.4 Å². The van der Waals surface area contributed by atoms with Crippen LogP contribution in [-0.2, 0) is 14.3 Å². The third-order valence-corrected chi connectivity index (χ3v) is 5.79. The summed E-state index contributed by atoms with van der Waals surface area (Å²) in [6.07, 6.45) is 1.33. The standard InChI is InChI=1S/C20H27N3O6/c1-26-15-3-4-17(27-2)16(13-15)23-10-9-22(19(23)25)14-18(24)21-7-5-20(6-8-21)28-11-12-29-20/h3-4,13H,5-12,14H2,1-2H3. The van der Waals surface area contributed by atoms with E-state index in [1.54, 1.807) is 47.1 Å². The quantitative estimate of drug-likeness (QED) is 0.735. The first-order valence-corrected chi connectivity index (χ1v) is 9.89. The first-order valence-electron chi connectivity index (χ1n) is 9.89. The minimum atomic E-state index is -0.514. The lowest BCUT2D eigenvalue weighted by Gasteiger charge is -2.38. The number of piperidine rings is 1. The van der Waals surface area contributed by atoms with E-state index in [9.17, 15) is 9.59 Å². The van der Waals surface area contributed by atoms with Crippen molar-refractivity contribution in [3.63, 3.8) is 0 Å². The minimum Gasteiger partial charge on any atom is -0.497 e. The van der Waals surface area contributed by atoms with Crippen molar-refractivity contribution in [2.45, 2.75) is 18.6 Å². The summed E-state index contributed by atoms with van der Waals surface area (Å²) < 4.78 is 22.1. The summed E-state index contributed by atoms with van der Waals surface area (Å²) in [7, 11) is 3.14. The average molecular weight is 405 g/mol. The Balaban J connectivity index is 1.38. The van der Waals surface area contributed by atoms with E-state index in [-0.39, 0.29) is 18.5 Å². The zero-order valence-electron chi connectivity index (χ0n) is 16.9. The van der Waals surface area contributed by atoms with Crippen molar-refractivity contribution in [1.82, 2.24) is 9.80 Å². The molecule has 0 N–H and O–H groups in total. The molecule has 3 saturated heterocycles. The van der Waals surface area contributed by atoms with E-state index in [0.717, 1.165) is 0 Å². The Morgan fingerprint density at radius 3 is 2.45 bits per heavy atom. The van der Waals surface area contributed by atoms with Crippen LogP contribution in [0.2, 0.25) is 0 Å². The lowest BCUT2D eigenvalue weighted by Crippen LogP contribution is -2.50. The van der Waals surface area contributed by atoms with Crippen LogP contribution in [0.25, 0.3) is 0 Å². The number of urea groups is 1. The van der Waals surface area contributed by atoms with Crippen molar-refractivity contribution in [2.24, 2.45) is 0 Å². The van der Waals surface area contributed by atoms with E-state index in [4.69, 9.17) is 18.9 Å². The van der Waals surface area contributed by atoms with E-state index in [1.807, 2.05) is 0 Å². The molecular weight excluding hydrogens is 378 g/mol. The molecule has 3 fully saturated rings. The molecule has 1 spiro atoms. The normalized spacial score (nSPS) is 21.2. The van der Waals surface area contributed by atoms with Crippen molar-refractivity contribution in [3.05, 3.63) is 18.2 Å². The molecule has 0 aliphatic carbocycles. The fourth-order valence-corrected chi connectivity index (χ4v) is 4.11. The van der Waals surface area contributed by atoms with Crippen LogP contribution in [0.4, 0.5) is 10.5 Å². The molecule has 3 heterocycles. The molecule has 1 aromatic rings. The van der Waals surface area contributed by atoms with Gasteiger partial charge in [0.05, 0.1) is 33.1 Å². The molecular formula is C20H27N3O6. The van der Waals surface area contributed by atoms with Crippen LogP contribution in [0.3, 0.4) is 0 Å². The second kappa shape index (κ2) is 8.08. The van der Waals surface area contributed by atoms with E-state index < -0.39 is 5.79 Å². The number of carbonyl (C=O) groups is 2. The second-order valence-electron chi connectivity index (χ2n) is 7.38. The molecule has 3 aliphatic rings. The third kappa shape index (κ3) is 3.84. The largest absolute Gasteiger partial charge is 0.497 e. The summed E-state index contributed by atoms with van der Waals surface area (Å²) in [5.41, 5.74) is 0.641. The molecule has 0 unspecified atom stereocenters. The van der Waals surface area contributed by atoms with Crippen LogP contribution in [0.15, 0.2) is 18.2 Å². The Labute approximate surface area is 170 Å². The molecule has 1 aromatic carbocycles. The van der Waals surface area contributed by atoms with E-state index in [1.165, 1.54) is 0 Å². The highest BCUT2D eigenvalue weighted by Gasteiger charge is 2.41. The number of hydrogen-bond donors (Lipinski definition) is 0. The third-order valence-electron chi connectivity index (χ3n) is 5.79. The van der Waals surface area contributed by atoms with Gasteiger partial charge in [-0.2, -0.15) is 0 Å². The number of amides is 3. The highest BCUT2D eigenvalue weighted by Crippen LogP contribution is 2.35. The fourth-order valence-electron chi connectivity index (χ4n) is 4.11. The van der Waals surface area contributed by atoms with Gasteiger partial charge in [-0.15, -0.1) is 0 Å². The van der Waals surface area contributed by atoms with Crippen LogP contribution >= 0.6 is 0 Å². The van der Waals surface area contributed by atoms with Crippen molar-refractivity contribution in [2.75, 3.05) is 65.1 Å². The molecule has 3 amide bonds. The Kier molecular flexibility index (Phi) is 5.51. The summed E-state index contributed by atoms with van der Waals surface area (Å²) in [6.45, 7) is 3.41. The molecule has 0 saturated carbocycles. The van der Waals surface area contributed by atoms with Crippen LogP contribution in [0.5, 0.6) is 11.5 Å². The summed E-state index contributed by atoms with van der Waals surface area (Å²) >= 11 is 0. The summed E-state index contributed by atoms with van der Waals surface area (Å²) in [5.74, 6) is 0.664. The van der Waals surface area contributed by atoms with Crippen LogP contribution < -0.4 is 14.4 Å². The van der Waals surface area contributed by atoms with E-state index in [2.05, 4.69) is 0 Å². The van der Waals surface area contributed by atoms with Gasteiger partial charge in [0.2, 0.25) is 5.91 Å². The van der Waals surface area contributed by atoms with Gasteiger partial charge in [0.15, 0.2) is 5.79 Å². The zero-order valence-corrected chi connectivity index (χ0v) is 16.9. The Hall–Kier alpha value is -2.52. The fraction of sp³-hybridized carbons (Fsp3) is 0.600. The number of hydrogen-bond acceptors (Lipinski definition) is 6. The predicted octanol–water partition coefficient (Wildman–Crippen LogP) is 1.31. The molecule has 0 radical (unpaired) electrons. The van der Waals surface area contributed by atoms with Gasteiger partial charge in [-0.05, 0) is 12.1 Å². The Morgan fingerprint density at radius 1 is 1.07 bits per heavy atom. The number of methoxy groups -OCH3 is 2. The molecule has 0 aromatic heterocycles. The van der Waals surface area contributed by atoms with Gasteiger partial charge in [-0.3, -0.25) is 9.69 Å². The van der Waals surface area contributed by atoms with Gasteiger partial charge in [0.25, 0.3) is 0 Å². The van der Waals surface area contributed by atoms with Crippen molar-refractivity contribution < 1.29 is 28.5 Å². The summed E-state index contributed by atoms with van der Waals surface area (Å²) in [4.78, 5) is 30.7. The zero-order chi connectivity index (χ0) is 20.4. The summed E-state index contributed by atoms with van der Waals surface area (Å²) in [5, 5.41) is 0. The maximum Gasteiger partial charge on any atom is 0.325 e. The first kappa shape index (κ1) is 19.8. The van der Waals surface area contributed by atoms with Gasteiger partial charge in [-0.1, -0.05) is 0 Å². The molecule has 0 bridgehead atoms. The number of likely N-dealkylation sites (tertiary alicyclic amines) is 1. The van der Waals surface area contributed by atoms with Gasteiger partial charge >= 0.3 is 6.03 Å². The Morgan fingerprint density at radius 2 is 1.79 bits per heavy atom. The van der Waals surface area contributed by atoms with Crippen molar-refractivity contribution in [1.29, 1.82) is 0 Å². The van der Waals surface area contributed by atoms with Crippen LogP contribution in [0, 0.1) is 0 Å². The topological polar surface area (TPSA) is 80.8 Å². The molecule has 0 atom stereocenters. The number of carbonyl (C=O) groups excluding carboxylic acids is 2. The SMILES string of the molecule is COc1ccc(OC)c(N2CCN(CC(=O)N3CCC4(CC3)OCCO4)C2=O)c1. The van der Waals surface area contributed by atoms with Crippen LogP contribution in [-0.4, -0.2) is 87.7 Å². The number of ether oxygens (including phenoxy) is 4. The monoisotopic (exact) mass is 405 g/mol. The molecule has 4 rings (SSSR count). The van der Waals surface area contributed by atoms with Gasteiger partial charge in [0, 0.05) is 45.1 Å². The number of rotatable bonds is 5. The first-order chi connectivity index (χ1) is 14.0. The minimum absolute atomic E-state index is 0.0503. The average Bonchev–Trinajstić information content (AvgIpc) is 3.35. The van der Waals surface area contributed by atoms with Gasteiger partial charge in [-0.25, -0.2) is 4.79 Å². The number of benzene rings is 1. The predicted molar refractivity (Wildman–Crippen MR) is 104 cm³/mol. The smallest absolute Gasteiger partial charge is 0.325 e. The highest BCUT2D eigenvalue weighted by molar-refractivity contribution is 5.98. The second-order valence-corrected chi connectivity index (χ2v) is 7.38. The lowest BCUT2D eigenvalue weighted by molar-refractivity contribution is -0.187. The Bertz CT molecular complexity index is 769. The van der Waals surface area contributed by atoms with Crippen LogP contribution in [0.1, 0.15) is 12.8 Å². The molecule has 158 valence electrons. The van der Waals surface area contributed by atoms with Gasteiger partial charge in [0.1, 0.15) is 18.0 Å². The summed E-state index contributed by atoms with van der Waals surface area (Å²) in [6, 6.07) is 5.12. The number of nitrogens with zero attached hydrogens (tertiary/aromatic N) is 3. The molecule has 29 heavy (non-hydrogen) atoms. The molecule has 3 aliphatic heterocycles. The molecule has 9 heteroatoms.